The molecule has 0 aliphatic heterocycles. The van der Waals surface area contributed by atoms with Crippen molar-refractivity contribution in [2.45, 2.75) is 0 Å². The maximum atomic E-state index is 10.2. The molecule has 0 radical (unpaired) electrons. The number of aryl methyl sites for hydroxylation is 2. The summed E-state index contributed by atoms with van der Waals surface area (Å²) in [7, 11) is 3.38. The molecule has 0 saturated carbocycles. The van der Waals surface area contributed by atoms with Gasteiger partial charge in [-0.3, -0.25) is 0 Å². The van der Waals surface area contributed by atoms with Gasteiger partial charge in [0.2, 0.25) is 6.33 Å². The molecule has 9 heteroatoms. The number of imidazole rings is 1. The molecule has 0 aliphatic rings. The lowest BCUT2D eigenvalue weighted by molar-refractivity contribution is -0.672. The van der Waals surface area contributed by atoms with E-state index in [1.54, 1.807) is 25.0 Å². The van der Waals surface area contributed by atoms with Crippen molar-refractivity contribution in [2.24, 2.45) is 14.1 Å². The molecule has 78 valence electrons. The van der Waals surface area contributed by atoms with Crippen molar-refractivity contribution in [2.75, 3.05) is 0 Å². The van der Waals surface area contributed by atoms with Crippen LogP contribution >= 0.6 is 0 Å². The first kappa shape index (κ1) is 11.8. The molecule has 9 nitrogen and oxygen atoms in total. The topological polar surface area (TPSA) is 118 Å². The van der Waals surface area contributed by atoms with Gasteiger partial charge >= 0.3 is 5.82 Å². The molecule has 0 aromatic carbocycles. The molecule has 1 heterocycles. The average molecular weight is 204 g/mol. The van der Waals surface area contributed by atoms with Gasteiger partial charge in [0.05, 0.1) is 19.2 Å². The molecular weight excluding hydrogens is 196 g/mol. The number of hydrogen-bond donors (Lipinski definition) is 0. The van der Waals surface area contributed by atoms with Gasteiger partial charge in [-0.25, -0.2) is 4.57 Å². The predicted molar refractivity (Wildman–Crippen MR) is 43.6 cm³/mol. The zero-order valence-electron chi connectivity index (χ0n) is 7.48. The van der Waals surface area contributed by atoms with Crippen LogP contribution in [0.4, 0.5) is 5.82 Å². The summed E-state index contributed by atoms with van der Waals surface area (Å²) in [5, 5.41) is 25.0. The zero-order valence-corrected chi connectivity index (χ0v) is 7.48. The second-order valence-electron chi connectivity index (χ2n) is 2.36. The highest BCUT2D eigenvalue weighted by molar-refractivity contribution is 5.09. The Kier molecular flexibility index (Phi) is 4.00. The van der Waals surface area contributed by atoms with Gasteiger partial charge in [-0.2, -0.15) is 4.57 Å². The van der Waals surface area contributed by atoms with Crippen molar-refractivity contribution in [3.63, 3.8) is 0 Å². The molecule has 1 rings (SSSR count). The maximum absolute atomic E-state index is 10.2. The van der Waals surface area contributed by atoms with Crippen LogP contribution in [0.15, 0.2) is 12.5 Å². The maximum Gasteiger partial charge on any atom is 0.364 e. The minimum Gasteiger partial charge on any atom is -0.358 e. The van der Waals surface area contributed by atoms with Crippen molar-refractivity contribution in [1.29, 1.82) is 0 Å². The third kappa shape index (κ3) is 3.99. The fraction of sp³-hybridized carbons (Fsp3) is 0.400. The van der Waals surface area contributed by atoms with Crippen molar-refractivity contribution in [1.82, 2.24) is 4.57 Å². The number of nitro groups is 1. The molecule has 0 aliphatic carbocycles. The Labute approximate surface area is 78.1 Å². The lowest BCUT2D eigenvalue weighted by Crippen LogP contribution is -2.23. The van der Waals surface area contributed by atoms with E-state index in [-0.39, 0.29) is 5.82 Å². The molecule has 14 heavy (non-hydrogen) atoms. The zero-order chi connectivity index (χ0) is 11.3. The third-order valence-electron chi connectivity index (χ3n) is 1.22. The Bertz CT molecular complexity index is 342. The fourth-order valence-corrected chi connectivity index (χ4v) is 0.815. The average Bonchev–Trinajstić information content (AvgIpc) is 2.28. The van der Waals surface area contributed by atoms with Crippen molar-refractivity contribution >= 4 is 5.82 Å². The molecule has 0 spiro atoms. The molecule has 1 aromatic rings. The van der Waals surface area contributed by atoms with Gasteiger partial charge in [0.1, 0.15) is 0 Å². The number of hydrogen-bond acceptors (Lipinski definition) is 5. The van der Waals surface area contributed by atoms with Crippen LogP contribution in [0, 0.1) is 25.4 Å². The predicted octanol–water partition coefficient (Wildman–Crippen LogP) is -0.481. The van der Waals surface area contributed by atoms with E-state index in [0.717, 1.165) is 0 Å². The summed E-state index contributed by atoms with van der Waals surface area (Å²) in [5.74, 6) is 0.0995. The Hall–Kier alpha value is -2.19. The quantitative estimate of drug-likeness (QED) is 0.347. The summed E-state index contributed by atoms with van der Waals surface area (Å²) in [5.41, 5.74) is 0. The molecule has 0 amide bonds. The summed E-state index contributed by atoms with van der Waals surface area (Å²) in [6, 6.07) is 0. The molecule has 0 saturated heterocycles. The van der Waals surface area contributed by atoms with Crippen LogP contribution in [0.3, 0.4) is 0 Å². The van der Waals surface area contributed by atoms with Crippen molar-refractivity contribution < 1.29 is 14.6 Å². The van der Waals surface area contributed by atoms with Gasteiger partial charge in [0.25, 0.3) is 0 Å². The second kappa shape index (κ2) is 4.74. The summed E-state index contributed by atoms with van der Waals surface area (Å²) in [6.07, 6.45) is 3.10. The van der Waals surface area contributed by atoms with E-state index >= 15 is 0 Å². The Morgan fingerprint density at radius 3 is 1.93 bits per heavy atom. The normalized spacial score (nSPS) is 8.71. The van der Waals surface area contributed by atoms with Gasteiger partial charge in [-0.1, -0.05) is 0 Å². The molecule has 1 aromatic heterocycles. The van der Waals surface area contributed by atoms with Crippen LogP contribution in [0.1, 0.15) is 0 Å². The standard InChI is InChI=1S/C5H8N3O2.NO3/c1-6-3-5(8(9)10)7(2)4-6;2-1(3)4/h3-4H,1-2H3;/q+1;-1. The highest BCUT2D eigenvalue weighted by atomic mass is 16.9. The molecule has 0 atom stereocenters. The van der Waals surface area contributed by atoms with Crippen molar-refractivity contribution in [3.8, 4) is 0 Å². The number of rotatable bonds is 1. The highest BCUT2D eigenvalue weighted by Crippen LogP contribution is 2.03. The molecule has 0 unspecified atom stereocenters. The fourth-order valence-electron chi connectivity index (χ4n) is 0.815. The largest absolute Gasteiger partial charge is 0.364 e. The van der Waals surface area contributed by atoms with E-state index in [1.807, 2.05) is 0 Å². The monoisotopic (exact) mass is 204 g/mol. The Morgan fingerprint density at radius 1 is 1.36 bits per heavy atom. The first-order valence-corrected chi connectivity index (χ1v) is 3.32. The Balaban J connectivity index is 0.000000364. The van der Waals surface area contributed by atoms with Crippen LogP contribution in [0.5, 0.6) is 0 Å². The Morgan fingerprint density at radius 2 is 1.79 bits per heavy atom. The molecule has 0 fully saturated rings. The van der Waals surface area contributed by atoms with E-state index in [0.29, 0.717) is 0 Å². The summed E-state index contributed by atoms with van der Waals surface area (Å²) in [6.45, 7) is 0. The van der Waals surface area contributed by atoms with E-state index in [2.05, 4.69) is 0 Å². The highest BCUT2D eigenvalue weighted by Gasteiger charge is 2.11. The molecular formula is C5H8N4O5. The minimum atomic E-state index is -1.75. The molecule has 0 N–H and O–H groups in total. The van der Waals surface area contributed by atoms with Crippen LogP contribution in [-0.4, -0.2) is 14.6 Å². The van der Waals surface area contributed by atoms with E-state index < -0.39 is 10.0 Å². The van der Waals surface area contributed by atoms with Crippen LogP contribution in [0.25, 0.3) is 0 Å². The van der Waals surface area contributed by atoms with Crippen LogP contribution in [0.2, 0.25) is 0 Å². The van der Waals surface area contributed by atoms with Gasteiger partial charge < -0.3 is 25.4 Å². The van der Waals surface area contributed by atoms with Gasteiger partial charge in [-0.05, 0) is 4.92 Å². The van der Waals surface area contributed by atoms with E-state index in [9.17, 15) is 10.1 Å². The molecule has 0 bridgehead atoms. The third-order valence-corrected chi connectivity index (χ3v) is 1.22. The summed E-state index contributed by atoms with van der Waals surface area (Å²) >= 11 is 0. The SMILES string of the molecule is Cn1c[n+](C)cc1[N+](=O)[O-].O=[N+]([O-])[O-]. The summed E-state index contributed by atoms with van der Waals surface area (Å²) < 4.78 is 3.10. The first-order valence-electron chi connectivity index (χ1n) is 3.32. The van der Waals surface area contributed by atoms with Crippen LogP contribution < -0.4 is 4.57 Å². The van der Waals surface area contributed by atoms with Crippen molar-refractivity contribution in [3.05, 3.63) is 38.0 Å². The van der Waals surface area contributed by atoms with E-state index in [4.69, 9.17) is 15.3 Å². The summed E-state index contributed by atoms with van der Waals surface area (Å²) in [4.78, 5) is 18.0. The van der Waals surface area contributed by atoms with E-state index in [1.165, 1.54) is 10.8 Å². The van der Waals surface area contributed by atoms with Gasteiger partial charge in [0, 0.05) is 0 Å². The first-order chi connectivity index (χ1) is 6.34. The number of aromatic nitrogens is 2. The van der Waals surface area contributed by atoms with Crippen LogP contribution in [-0.2, 0) is 14.1 Å². The lowest BCUT2D eigenvalue weighted by atomic mass is 10.7. The lowest BCUT2D eigenvalue weighted by Gasteiger charge is -1.88. The second-order valence-corrected chi connectivity index (χ2v) is 2.36. The van der Waals surface area contributed by atoms with Gasteiger partial charge in [0.15, 0.2) is 6.20 Å². The smallest absolute Gasteiger partial charge is 0.358 e. The minimum absolute atomic E-state index is 0.0995. The number of nitrogens with zero attached hydrogens (tertiary/aromatic N) is 4. The van der Waals surface area contributed by atoms with Gasteiger partial charge in [-0.15, -0.1) is 0 Å².